The average molecular weight is 372 g/mol. The van der Waals surface area contributed by atoms with Crippen molar-refractivity contribution >= 4 is 10.0 Å². The Balaban J connectivity index is 2.77. The molecule has 1 rings (SSSR count). The fourth-order valence-corrected chi connectivity index (χ4v) is 3.34. The minimum Gasteiger partial charge on any atom is -0.490 e. The maximum atomic E-state index is 13.9. The van der Waals surface area contributed by atoms with E-state index in [0.29, 0.717) is 18.6 Å². The van der Waals surface area contributed by atoms with E-state index in [1.54, 1.807) is 19.1 Å². The molecule has 0 heterocycles. The van der Waals surface area contributed by atoms with Crippen molar-refractivity contribution in [3.63, 3.8) is 0 Å². The predicted octanol–water partition coefficient (Wildman–Crippen LogP) is 4.59. The first-order valence-electron chi connectivity index (χ1n) is 8.61. The van der Waals surface area contributed by atoms with Crippen molar-refractivity contribution in [2.75, 3.05) is 12.4 Å². The molecule has 0 fully saturated rings. The van der Waals surface area contributed by atoms with Crippen molar-refractivity contribution in [1.29, 1.82) is 0 Å². The monoisotopic (exact) mass is 371 g/mol. The van der Waals surface area contributed by atoms with E-state index in [1.165, 1.54) is 6.07 Å². The Kier molecular flexibility index (Phi) is 8.09. The number of nitrogens with one attached hydrogen (secondary N) is 1. The van der Waals surface area contributed by atoms with Crippen molar-refractivity contribution in [2.24, 2.45) is 5.41 Å². The smallest absolute Gasteiger partial charge is 0.212 e. The normalized spacial score (nSPS) is 14.0. The van der Waals surface area contributed by atoms with Gasteiger partial charge in [-0.05, 0) is 42.9 Å². The van der Waals surface area contributed by atoms with Crippen LogP contribution in [0.15, 0.2) is 30.4 Å². The Labute approximate surface area is 151 Å². The molecule has 4 nitrogen and oxygen atoms in total. The Bertz CT molecular complexity index is 678. The van der Waals surface area contributed by atoms with Gasteiger partial charge in [0.1, 0.15) is 0 Å². The molecule has 0 spiro atoms. The second-order valence-corrected chi connectivity index (χ2v) is 9.24. The van der Waals surface area contributed by atoms with E-state index in [4.69, 9.17) is 4.74 Å². The third-order valence-corrected chi connectivity index (χ3v) is 4.91. The van der Waals surface area contributed by atoms with Crippen molar-refractivity contribution in [3.8, 4) is 5.75 Å². The van der Waals surface area contributed by atoms with Crippen LogP contribution in [0.3, 0.4) is 0 Å². The SMILES string of the molecule is CC/C=C/CCS(=O)(=O)N[C@H](C)c1ccc(F)c(OCC(C)(C)C)c1. The van der Waals surface area contributed by atoms with E-state index in [9.17, 15) is 12.8 Å². The summed E-state index contributed by atoms with van der Waals surface area (Å²) in [4.78, 5) is 0. The molecule has 0 saturated carbocycles. The van der Waals surface area contributed by atoms with E-state index >= 15 is 0 Å². The molecule has 0 saturated heterocycles. The number of rotatable bonds is 9. The highest BCUT2D eigenvalue weighted by atomic mass is 32.2. The Morgan fingerprint density at radius 2 is 1.96 bits per heavy atom. The third-order valence-electron chi connectivity index (χ3n) is 3.43. The molecule has 1 N–H and O–H groups in total. The quantitative estimate of drug-likeness (QED) is 0.646. The molecule has 0 unspecified atom stereocenters. The zero-order valence-corrected chi connectivity index (χ0v) is 16.6. The van der Waals surface area contributed by atoms with E-state index < -0.39 is 21.9 Å². The second kappa shape index (κ2) is 9.34. The molecule has 1 atom stereocenters. The lowest BCUT2D eigenvalue weighted by Crippen LogP contribution is -2.29. The van der Waals surface area contributed by atoms with Crippen LogP contribution in [0, 0.1) is 11.2 Å². The molecule has 142 valence electrons. The number of sulfonamides is 1. The summed E-state index contributed by atoms with van der Waals surface area (Å²) in [7, 11) is -3.40. The molecule has 1 aromatic rings. The lowest BCUT2D eigenvalue weighted by molar-refractivity contribution is 0.191. The van der Waals surface area contributed by atoms with Crippen LogP contribution in [-0.2, 0) is 10.0 Å². The number of halogens is 1. The first kappa shape index (κ1) is 21.6. The van der Waals surface area contributed by atoms with Gasteiger partial charge >= 0.3 is 0 Å². The van der Waals surface area contributed by atoms with Crippen LogP contribution in [-0.4, -0.2) is 20.8 Å². The molecular formula is C19H30FNO3S. The predicted molar refractivity (Wildman–Crippen MR) is 101 cm³/mol. The van der Waals surface area contributed by atoms with Gasteiger partial charge in [-0.3, -0.25) is 0 Å². The number of benzene rings is 1. The van der Waals surface area contributed by atoms with Gasteiger partial charge in [-0.25, -0.2) is 17.5 Å². The highest BCUT2D eigenvalue weighted by Crippen LogP contribution is 2.25. The highest BCUT2D eigenvalue weighted by molar-refractivity contribution is 7.89. The van der Waals surface area contributed by atoms with Crippen LogP contribution in [0.1, 0.15) is 59.1 Å². The highest BCUT2D eigenvalue weighted by Gasteiger charge is 2.18. The fourth-order valence-electron chi connectivity index (χ4n) is 2.10. The first-order valence-corrected chi connectivity index (χ1v) is 10.3. The second-order valence-electron chi connectivity index (χ2n) is 7.37. The van der Waals surface area contributed by atoms with Crippen LogP contribution in [0.25, 0.3) is 0 Å². The summed E-state index contributed by atoms with van der Waals surface area (Å²) in [6, 6.07) is 3.98. The van der Waals surface area contributed by atoms with E-state index in [0.717, 1.165) is 6.42 Å². The molecule has 0 amide bonds. The average Bonchev–Trinajstić information content (AvgIpc) is 2.49. The van der Waals surface area contributed by atoms with Gasteiger partial charge in [-0.2, -0.15) is 0 Å². The number of hydrogen-bond donors (Lipinski definition) is 1. The van der Waals surface area contributed by atoms with Gasteiger partial charge in [-0.1, -0.05) is 45.9 Å². The summed E-state index contributed by atoms with van der Waals surface area (Å²) in [6.07, 6.45) is 5.16. The number of ether oxygens (including phenoxy) is 1. The Morgan fingerprint density at radius 3 is 2.56 bits per heavy atom. The van der Waals surface area contributed by atoms with Gasteiger partial charge in [-0.15, -0.1) is 0 Å². The summed E-state index contributed by atoms with van der Waals surface area (Å²) in [5.74, 6) is -0.278. The molecule has 0 aliphatic rings. The lowest BCUT2D eigenvalue weighted by Gasteiger charge is -2.20. The van der Waals surface area contributed by atoms with Crippen LogP contribution in [0.4, 0.5) is 4.39 Å². The topological polar surface area (TPSA) is 55.4 Å². The first-order chi connectivity index (χ1) is 11.5. The van der Waals surface area contributed by atoms with Crippen molar-refractivity contribution < 1.29 is 17.5 Å². The summed E-state index contributed by atoms with van der Waals surface area (Å²) in [5.41, 5.74) is 0.569. The largest absolute Gasteiger partial charge is 0.490 e. The lowest BCUT2D eigenvalue weighted by atomic mass is 9.98. The Morgan fingerprint density at radius 1 is 1.28 bits per heavy atom. The summed E-state index contributed by atoms with van der Waals surface area (Å²) in [5, 5.41) is 0. The standard InChI is InChI=1S/C19H30FNO3S/c1-6-7-8-9-12-25(22,23)21-15(2)16-10-11-17(20)18(13-16)24-14-19(3,4)5/h7-8,10-11,13,15,21H,6,9,12,14H2,1-5H3/b8-7+/t15-/m1/s1. The molecule has 25 heavy (non-hydrogen) atoms. The minimum atomic E-state index is -3.40. The molecule has 0 radical (unpaired) electrons. The minimum absolute atomic E-state index is 0.0302. The van der Waals surface area contributed by atoms with E-state index in [2.05, 4.69) is 4.72 Å². The maximum absolute atomic E-state index is 13.9. The van der Waals surface area contributed by atoms with Gasteiger partial charge in [0.15, 0.2) is 11.6 Å². The molecule has 0 aliphatic carbocycles. The van der Waals surface area contributed by atoms with Gasteiger partial charge in [0.2, 0.25) is 10.0 Å². The molecule has 0 bridgehead atoms. The number of allylic oxidation sites excluding steroid dienone is 2. The van der Waals surface area contributed by atoms with Crippen molar-refractivity contribution in [3.05, 3.63) is 41.7 Å². The molecule has 6 heteroatoms. The Hall–Kier alpha value is -1.40. The summed E-state index contributed by atoms with van der Waals surface area (Å²) >= 11 is 0. The van der Waals surface area contributed by atoms with Crippen LogP contribution in [0.5, 0.6) is 5.75 Å². The zero-order chi connectivity index (χ0) is 19.1. The van der Waals surface area contributed by atoms with Gasteiger partial charge in [0.05, 0.1) is 12.4 Å². The maximum Gasteiger partial charge on any atom is 0.212 e. The van der Waals surface area contributed by atoms with Gasteiger partial charge in [0.25, 0.3) is 0 Å². The third kappa shape index (κ3) is 8.50. The van der Waals surface area contributed by atoms with Gasteiger partial charge < -0.3 is 4.74 Å². The van der Waals surface area contributed by atoms with Crippen LogP contribution < -0.4 is 9.46 Å². The van der Waals surface area contributed by atoms with E-state index in [1.807, 2.05) is 39.8 Å². The molecular weight excluding hydrogens is 341 g/mol. The van der Waals surface area contributed by atoms with Gasteiger partial charge in [0, 0.05) is 6.04 Å². The molecule has 0 aliphatic heterocycles. The molecule has 1 aromatic carbocycles. The van der Waals surface area contributed by atoms with Crippen molar-refractivity contribution in [2.45, 2.75) is 53.5 Å². The van der Waals surface area contributed by atoms with E-state index in [-0.39, 0.29) is 16.9 Å². The van der Waals surface area contributed by atoms with Crippen molar-refractivity contribution in [1.82, 2.24) is 4.72 Å². The van der Waals surface area contributed by atoms with Crippen LogP contribution in [0.2, 0.25) is 0 Å². The molecule has 0 aromatic heterocycles. The number of hydrogen-bond acceptors (Lipinski definition) is 3. The fraction of sp³-hybridized carbons (Fsp3) is 0.579. The zero-order valence-electron chi connectivity index (χ0n) is 15.8. The summed E-state index contributed by atoms with van der Waals surface area (Å²) in [6.45, 7) is 10.1. The van der Waals surface area contributed by atoms with Crippen LogP contribution >= 0.6 is 0 Å². The summed E-state index contributed by atoms with van der Waals surface area (Å²) < 4.78 is 46.4.